The molecule has 0 spiro atoms. The zero-order valence-corrected chi connectivity index (χ0v) is 11.8. The van der Waals surface area contributed by atoms with E-state index < -0.39 is 4.92 Å². The van der Waals surface area contributed by atoms with Gasteiger partial charge in [-0.05, 0) is 18.6 Å². The lowest BCUT2D eigenvalue weighted by Gasteiger charge is -2.24. The van der Waals surface area contributed by atoms with Gasteiger partial charge in [-0.2, -0.15) is 5.26 Å². The quantitative estimate of drug-likeness (QED) is 0.475. The lowest BCUT2D eigenvalue weighted by atomic mass is 10.1. The van der Waals surface area contributed by atoms with Crippen LogP contribution in [-0.4, -0.2) is 18.0 Å². The van der Waals surface area contributed by atoms with E-state index in [0.29, 0.717) is 17.4 Å². The monoisotopic (exact) mass is 311 g/mol. The second-order valence-corrected chi connectivity index (χ2v) is 4.60. The number of alkyl halides is 1. The molecule has 1 aromatic rings. The largest absolute Gasteiger partial charge is 0.365 e. The molecule has 1 aromatic carbocycles. The smallest absolute Gasteiger partial charge is 0.292 e. The summed E-state index contributed by atoms with van der Waals surface area (Å²) in [5, 5.41) is 20.3. The molecule has 0 aromatic heterocycles. The van der Waals surface area contributed by atoms with Gasteiger partial charge in [0.05, 0.1) is 17.4 Å². The van der Waals surface area contributed by atoms with E-state index in [1.165, 1.54) is 0 Å². The third-order valence-electron chi connectivity index (χ3n) is 2.82. The Bertz CT molecular complexity index is 485. The van der Waals surface area contributed by atoms with E-state index in [1.54, 1.807) is 24.1 Å². The highest BCUT2D eigenvalue weighted by Crippen LogP contribution is 2.30. The van der Waals surface area contributed by atoms with Crippen LogP contribution < -0.4 is 4.90 Å². The van der Waals surface area contributed by atoms with E-state index >= 15 is 0 Å². The molecular weight excluding hydrogens is 298 g/mol. The first-order chi connectivity index (χ1) is 8.51. The van der Waals surface area contributed by atoms with E-state index in [1.807, 2.05) is 13.0 Å². The van der Waals surface area contributed by atoms with Gasteiger partial charge in [0.25, 0.3) is 5.69 Å². The fraction of sp³-hybridized carbons (Fsp3) is 0.417. The van der Waals surface area contributed by atoms with Crippen LogP contribution in [0.2, 0.25) is 0 Å². The third kappa shape index (κ3) is 3.20. The molecule has 0 bridgehead atoms. The highest BCUT2D eigenvalue weighted by atomic mass is 79.9. The van der Waals surface area contributed by atoms with Crippen molar-refractivity contribution in [3.8, 4) is 6.07 Å². The number of rotatable bonds is 5. The Morgan fingerprint density at radius 2 is 2.28 bits per heavy atom. The van der Waals surface area contributed by atoms with Crippen molar-refractivity contribution < 1.29 is 4.92 Å². The number of halogens is 1. The van der Waals surface area contributed by atoms with Crippen molar-refractivity contribution in [3.05, 3.63) is 33.9 Å². The van der Waals surface area contributed by atoms with Gasteiger partial charge in [-0.25, -0.2) is 0 Å². The Balaban J connectivity index is 3.15. The van der Waals surface area contributed by atoms with Crippen molar-refractivity contribution in [2.75, 3.05) is 11.9 Å². The minimum absolute atomic E-state index is 0.0662. The van der Waals surface area contributed by atoms with Crippen LogP contribution in [0.3, 0.4) is 0 Å². The van der Waals surface area contributed by atoms with E-state index in [4.69, 9.17) is 5.26 Å². The predicted molar refractivity (Wildman–Crippen MR) is 73.8 cm³/mol. The Labute approximate surface area is 114 Å². The SMILES string of the molecule is CC(CC#N)N(C)c1ccc(CBr)cc1[N+](=O)[O-]. The van der Waals surface area contributed by atoms with Crippen LogP contribution in [0.4, 0.5) is 11.4 Å². The molecule has 0 amide bonds. The van der Waals surface area contributed by atoms with Gasteiger partial charge in [-0.1, -0.05) is 22.0 Å². The van der Waals surface area contributed by atoms with Gasteiger partial charge in [0.1, 0.15) is 5.69 Å². The lowest BCUT2D eigenvalue weighted by Crippen LogP contribution is -2.28. The van der Waals surface area contributed by atoms with Crippen molar-refractivity contribution in [1.29, 1.82) is 5.26 Å². The summed E-state index contributed by atoms with van der Waals surface area (Å²) < 4.78 is 0. The maximum Gasteiger partial charge on any atom is 0.292 e. The van der Waals surface area contributed by atoms with Crippen LogP contribution in [0.1, 0.15) is 18.9 Å². The van der Waals surface area contributed by atoms with Gasteiger partial charge in [0.2, 0.25) is 0 Å². The molecule has 0 saturated carbocycles. The van der Waals surface area contributed by atoms with E-state index in [9.17, 15) is 10.1 Å². The molecule has 0 radical (unpaired) electrons. The van der Waals surface area contributed by atoms with Gasteiger partial charge < -0.3 is 4.90 Å². The maximum absolute atomic E-state index is 11.1. The number of nitro benzene ring substituents is 1. The number of anilines is 1. The second kappa shape index (κ2) is 6.36. The zero-order chi connectivity index (χ0) is 13.7. The summed E-state index contributed by atoms with van der Waals surface area (Å²) in [6.07, 6.45) is 0.327. The van der Waals surface area contributed by atoms with Crippen LogP contribution >= 0.6 is 15.9 Å². The summed E-state index contributed by atoms with van der Waals surface area (Å²) in [6.45, 7) is 1.87. The first-order valence-corrected chi connectivity index (χ1v) is 6.56. The summed E-state index contributed by atoms with van der Waals surface area (Å²) in [7, 11) is 1.76. The Morgan fingerprint density at radius 3 is 2.78 bits per heavy atom. The third-order valence-corrected chi connectivity index (χ3v) is 3.47. The summed E-state index contributed by atoms with van der Waals surface area (Å²) in [5.41, 5.74) is 1.46. The predicted octanol–water partition coefficient (Wildman–Crippen LogP) is 3.23. The highest BCUT2D eigenvalue weighted by molar-refractivity contribution is 9.08. The molecular formula is C12H14BrN3O2. The topological polar surface area (TPSA) is 70.2 Å². The number of nitro groups is 1. The molecule has 0 aliphatic carbocycles. The Hall–Kier alpha value is -1.61. The minimum Gasteiger partial charge on any atom is -0.365 e. The summed E-state index contributed by atoms with van der Waals surface area (Å²) in [6, 6.07) is 7.12. The Morgan fingerprint density at radius 1 is 1.61 bits per heavy atom. The van der Waals surface area contributed by atoms with Crippen molar-refractivity contribution in [3.63, 3.8) is 0 Å². The molecule has 0 heterocycles. The first kappa shape index (κ1) is 14.5. The number of nitriles is 1. The van der Waals surface area contributed by atoms with E-state index in [2.05, 4.69) is 22.0 Å². The van der Waals surface area contributed by atoms with Gasteiger partial charge in [0, 0.05) is 24.5 Å². The van der Waals surface area contributed by atoms with Crippen LogP contribution in [0.25, 0.3) is 0 Å². The summed E-state index contributed by atoms with van der Waals surface area (Å²) in [4.78, 5) is 12.4. The van der Waals surface area contributed by atoms with Crippen LogP contribution in [-0.2, 0) is 5.33 Å². The van der Waals surface area contributed by atoms with Gasteiger partial charge >= 0.3 is 0 Å². The average molecular weight is 312 g/mol. The van der Waals surface area contributed by atoms with Gasteiger partial charge in [0.15, 0.2) is 0 Å². The first-order valence-electron chi connectivity index (χ1n) is 5.44. The number of benzene rings is 1. The van der Waals surface area contributed by atoms with Gasteiger partial charge in [-0.3, -0.25) is 10.1 Å². The molecule has 0 aliphatic rings. The molecule has 0 N–H and O–H groups in total. The Kier molecular flexibility index (Phi) is 5.10. The van der Waals surface area contributed by atoms with Crippen LogP contribution in [0.5, 0.6) is 0 Å². The van der Waals surface area contributed by atoms with Crippen molar-refractivity contribution >= 4 is 27.3 Å². The molecule has 0 saturated heterocycles. The number of hydrogen-bond acceptors (Lipinski definition) is 4. The average Bonchev–Trinajstić information content (AvgIpc) is 2.37. The number of hydrogen-bond donors (Lipinski definition) is 0. The normalized spacial score (nSPS) is 11.7. The highest BCUT2D eigenvalue weighted by Gasteiger charge is 2.20. The fourth-order valence-corrected chi connectivity index (χ4v) is 1.95. The fourth-order valence-electron chi connectivity index (χ4n) is 1.60. The molecule has 1 unspecified atom stereocenters. The molecule has 6 heteroatoms. The summed E-state index contributed by atoms with van der Waals surface area (Å²) in [5.74, 6) is 0. The molecule has 96 valence electrons. The van der Waals surface area contributed by atoms with Crippen LogP contribution in [0.15, 0.2) is 18.2 Å². The molecule has 5 nitrogen and oxygen atoms in total. The van der Waals surface area contributed by atoms with E-state index in [-0.39, 0.29) is 11.7 Å². The molecule has 1 atom stereocenters. The molecule has 18 heavy (non-hydrogen) atoms. The van der Waals surface area contributed by atoms with Crippen molar-refractivity contribution in [2.45, 2.75) is 24.7 Å². The van der Waals surface area contributed by atoms with E-state index in [0.717, 1.165) is 5.56 Å². The molecule has 0 fully saturated rings. The van der Waals surface area contributed by atoms with Crippen molar-refractivity contribution in [1.82, 2.24) is 0 Å². The van der Waals surface area contributed by atoms with Gasteiger partial charge in [-0.15, -0.1) is 0 Å². The minimum atomic E-state index is -0.392. The van der Waals surface area contributed by atoms with Crippen molar-refractivity contribution in [2.24, 2.45) is 0 Å². The molecule has 0 aliphatic heterocycles. The maximum atomic E-state index is 11.1. The number of nitrogens with zero attached hydrogens (tertiary/aromatic N) is 3. The summed E-state index contributed by atoms with van der Waals surface area (Å²) >= 11 is 3.28. The zero-order valence-electron chi connectivity index (χ0n) is 10.3. The second-order valence-electron chi connectivity index (χ2n) is 4.04. The van der Waals surface area contributed by atoms with Crippen LogP contribution in [0, 0.1) is 21.4 Å². The molecule has 1 rings (SSSR count). The standard InChI is InChI=1S/C12H14BrN3O2/c1-9(5-6-14)15(2)11-4-3-10(8-13)7-12(11)16(17)18/h3-4,7,9H,5,8H2,1-2H3. The lowest BCUT2D eigenvalue weighted by molar-refractivity contribution is -0.384.